The Balaban J connectivity index is 1.47. The van der Waals surface area contributed by atoms with E-state index in [9.17, 15) is 33.6 Å². The quantitative estimate of drug-likeness (QED) is 0.0423. The van der Waals surface area contributed by atoms with Crippen LogP contribution in [0.25, 0.3) is 18.2 Å². The minimum Gasteiger partial charge on any atom is -0.461 e. The normalized spacial score (nSPS) is 11.4. The predicted molar refractivity (Wildman–Crippen MR) is 314 cm³/mol. The molecular formula is C63H80N4O14. The summed E-state index contributed by atoms with van der Waals surface area (Å²) >= 11 is 0. The van der Waals surface area contributed by atoms with Crippen molar-refractivity contribution in [1.82, 2.24) is 0 Å². The Hall–Kier alpha value is -8.41. The number of hydrogen-bond acceptors (Lipinski definition) is 15. The highest BCUT2D eigenvalue weighted by molar-refractivity contribution is 5.87. The van der Waals surface area contributed by atoms with E-state index in [0.717, 1.165) is 11.3 Å². The van der Waals surface area contributed by atoms with Crippen molar-refractivity contribution in [2.75, 3.05) is 60.9 Å². The molecule has 0 saturated carbocycles. The van der Waals surface area contributed by atoms with E-state index in [1.807, 2.05) is 38.1 Å². The van der Waals surface area contributed by atoms with Gasteiger partial charge in [0.15, 0.2) is 0 Å². The number of benzene rings is 4. The van der Waals surface area contributed by atoms with Crippen molar-refractivity contribution in [3.63, 3.8) is 0 Å². The standard InChI is InChI=1S/C63H80N4O14/c1-41(2)64-49-29-21-45(22-30-49)34-79-57(72)65-50-27-19-44(20-28-50)33-48(39-80-58(73)66-51-23-15-42(16-24-51)31-46(35-75-53(68)60(3,4)5)36-76-54(69)61(6,7)8)40-81-59(74)67-52-25-17-43(18-26-52)32-47(37-77-55(70)62(9,10)11)38-78-56(71)63(12,13)14/h15-33,41,64H,34-40H2,1-14H3,(H,65,72)(H,66,73)(H,67,74). The first-order valence-electron chi connectivity index (χ1n) is 26.6. The lowest BCUT2D eigenvalue weighted by molar-refractivity contribution is -0.154. The summed E-state index contributed by atoms with van der Waals surface area (Å²) in [4.78, 5) is 89.4. The van der Waals surface area contributed by atoms with Gasteiger partial charge >= 0.3 is 42.2 Å². The maximum absolute atomic E-state index is 13.2. The van der Waals surface area contributed by atoms with Gasteiger partial charge in [0.2, 0.25) is 0 Å². The van der Waals surface area contributed by atoms with Crippen molar-refractivity contribution in [3.05, 3.63) is 136 Å². The highest BCUT2D eigenvalue weighted by atomic mass is 16.6. The van der Waals surface area contributed by atoms with Gasteiger partial charge < -0.3 is 38.5 Å². The highest BCUT2D eigenvalue weighted by Crippen LogP contribution is 2.23. The molecule has 4 N–H and O–H groups in total. The van der Waals surface area contributed by atoms with E-state index in [-0.39, 0.29) is 52.3 Å². The van der Waals surface area contributed by atoms with Crippen LogP contribution in [0, 0.1) is 21.7 Å². The number of nitrogens with one attached hydrogen (secondary N) is 4. The summed E-state index contributed by atoms with van der Waals surface area (Å²) in [6, 6.07) is 28.1. The topological polar surface area (TPSA) is 232 Å². The van der Waals surface area contributed by atoms with Gasteiger partial charge in [0.05, 0.1) is 21.7 Å². The van der Waals surface area contributed by atoms with E-state index in [4.69, 9.17) is 33.2 Å². The van der Waals surface area contributed by atoms with Crippen LogP contribution in [0.15, 0.2) is 114 Å². The maximum Gasteiger partial charge on any atom is 0.411 e. The third-order valence-electron chi connectivity index (χ3n) is 11.1. The lowest BCUT2D eigenvalue weighted by atomic mass is 9.97. The van der Waals surface area contributed by atoms with Crippen LogP contribution >= 0.6 is 0 Å². The molecule has 0 atom stereocenters. The fourth-order valence-electron chi connectivity index (χ4n) is 6.53. The molecule has 0 unspecified atom stereocenters. The zero-order valence-corrected chi connectivity index (χ0v) is 49.2. The molecule has 0 fully saturated rings. The second-order valence-electron chi connectivity index (χ2n) is 23.7. The number of esters is 4. The van der Waals surface area contributed by atoms with Crippen molar-refractivity contribution in [2.45, 2.75) is 110 Å². The van der Waals surface area contributed by atoms with Crippen molar-refractivity contribution >= 4 is 83.1 Å². The van der Waals surface area contributed by atoms with E-state index in [1.54, 1.807) is 174 Å². The third kappa shape index (κ3) is 24.7. The third-order valence-corrected chi connectivity index (χ3v) is 11.1. The van der Waals surface area contributed by atoms with Gasteiger partial charge in [-0.05, 0) is 186 Å². The summed E-state index contributed by atoms with van der Waals surface area (Å²) in [5.41, 5.74) is 3.50. The zero-order valence-electron chi connectivity index (χ0n) is 49.2. The van der Waals surface area contributed by atoms with Gasteiger partial charge in [0.25, 0.3) is 0 Å². The Morgan fingerprint density at radius 3 is 0.864 bits per heavy atom. The first-order valence-corrected chi connectivity index (χ1v) is 26.6. The summed E-state index contributed by atoms with van der Waals surface area (Å²) < 4.78 is 38.8. The van der Waals surface area contributed by atoms with Gasteiger partial charge in [-0.2, -0.15) is 0 Å². The predicted octanol–water partition coefficient (Wildman–Crippen LogP) is 13.3. The number of carbonyl (C=O) groups is 7. The minimum atomic E-state index is -0.809. The molecule has 0 aliphatic heterocycles. The molecule has 4 aromatic carbocycles. The van der Waals surface area contributed by atoms with Gasteiger partial charge in [0, 0.05) is 45.5 Å². The molecule has 0 aliphatic carbocycles. The maximum atomic E-state index is 13.2. The molecule has 0 radical (unpaired) electrons. The second kappa shape index (κ2) is 29.7. The molecule has 0 heterocycles. The van der Waals surface area contributed by atoms with Gasteiger partial charge in [-0.1, -0.05) is 48.5 Å². The Morgan fingerprint density at radius 1 is 0.358 bits per heavy atom. The van der Waals surface area contributed by atoms with Crippen LogP contribution in [0.1, 0.15) is 119 Å². The average Bonchev–Trinajstić information content (AvgIpc) is 3.38. The van der Waals surface area contributed by atoms with E-state index in [2.05, 4.69) is 21.3 Å². The summed E-state index contributed by atoms with van der Waals surface area (Å²) in [6.07, 6.45) is 2.88. The molecule has 81 heavy (non-hydrogen) atoms. The van der Waals surface area contributed by atoms with Gasteiger partial charge in [-0.25, -0.2) is 14.4 Å². The molecule has 0 bridgehead atoms. The number of hydrogen-bond donors (Lipinski definition) is 4. The van der Waals surface area contributed by atoms with Gasteiger partial charge in [-0.15, -0.1) is 0 Å². The van der Waals surface area contributed by atoms with Gasteiger partial charge in [0.1, 0.15) is 46.2 Å². The molecule has 18 nitrogen and oxygen atoms in total. The monoisotopic (exact) mass is 1120 g/mol. The first kappa shape index (κ1) is 65.1. The fraction of sp³-hybridized carbons (Fsp3) is 0.413. The SMILES string of the molecule is CC(C)Nc1ccc(COC(=O)Nc2ccc(C=C(COC(=O)Nc3ccc(C=C(COC(=O)C(C)(C)C)COC(=O)C(C)(C)C)cc3)COC(=O)Nc3ccc(C=C(COC(=O)C(C)(C)C)COC(=O)C(C)(C)C)cc3)cc2)cc1. The van der Waals surface area contributed by atoms with Crippen molar-refractivity contribution in [3.8, 4) is 0 Å². The summed E-state index contributed by atoms with van der Waals surface area (Å²) in [6.45, 7) is 24.0. The van der Waals surface area contributed by atoms with E-state index in [1.165, 1.54) is 0 Å². The second-order valence-corrected chi connectivity index (χ2v) is 23.7. The molecular weight excluding hydrogens is 1040 g/mol. The van der Waals surface area contributed by atoms with Crippen LogP contribution in [0.5, 0.6) is 0 Å². The smallest absolute Gasteiger partial charge is 0.411 e. The summed E-state index contributed by atoms with van der Waals surface area (Å²) in [5, 5.41) is 11.4. The van der Waals surface area contributed by atoms with E-state index < -0.39 is 63.8 Å². The summed E-state index contributed by atoms with van der Waals surface area (Å²) in [7, 11) is 0. The molecule has 0 spiro atoms. The number of rotatable bonds is 22. The van der Waals surface area contributed by atoms with Crippen molar-refractivity contribution in [1.29, 1.82) is 0 Å². The molecule has 0 aliphatic rings. The average molecular weight is 1120 g/mol. The Labute approximate surface area is 476 Å². The number of amides is 3. The number of carbonyl (C=O) groups excluding carboxylic acids is 7. The molecule has 4 aromatic rings. The van der Waals surface area contributed by atoms with Crippen LogP contribution in [0.4, 0.5) is 37.1 Å². The summed E-state index contributed by atoms with van der Waals surface area (Å²) in [5.74, 6) is -1.67. The van der Waals surface area contributed by atoms with Crippen molar-refractivity contribution in [2.24, 2.45) is 21.7 Å². The van der Waals surface area contributed by atoms with E-state index >= 15 is 0 Å². The van der Waals surface area contributed by atoms with Crippen LogP contribution in [-0.4, -0.2) is 87.8 Å². The lowest BCUT2D eigenvalue weighted by Gasteiger charge is -2.20. The van der Waals surface area contributed by atoms with Crippen LogP contribution in [-0.2, 0) is 58.9 Å². The zero-order chi connectivity index (χ0) is 60.1. The van der Waals surface area contributed by atoms with Crippen LogP contribution < -0.4 is 21.3 Å². The highest BCUT2D eigenvalue weighted by Gasteiger charge is 2.27. The Kier molecular flexibility index (Phi) is 23.9. The fourth-order valence-corrected chi connectivity index (χ4v) is 6.53. The van der Waals surface area contributed by atoms with E-state index in [0.29, 0.717) is 50.5 Å². The molecule has 0 saturated heterocycles. The van der Waals surface area contributed by atoms with Crippen LogP contribution in [0.3, 0.4) is 0 Å². The first-order chi connectivity index (χ1) is 37.8. The largest absolute Gasteiger partial charge is 0.461 e. The Bertz CT molecular complexity index is 2680. The number of ether oxygens (including phenoxy) is 7. The van der Waals surface area contributed by atoms with Gasteiger partial charge in [-0.3, -0.25) is 35.1 Å². The minimum absolute atomic E-state index is 0.0672. The molecule has 436 valence electrons. The lowest BCUT2D eigenvalue weighted by Crippen LogP contribution is -2.26. The molecule has 0 aromatic heterocycles. The molecule has 4 rings (SSSR count). The molecule has 18 heteroatoms. The number of anilines is 4. The molecule has 3 amide bonds. The Morgan fingerprint density at radius 2 is 0.605 bits per heavy atom. The van der Waals surface area contributed by atoms with Crippen molar-refractivity contribution < 1.29 is 66.7 Å². The van der Waals surface area contributed by atoms with Crippen LogP contribution in [0.2, 0.25) is 0 Å².